The van der Waals surface area contributed by atoms with Gasteiger partial charge in [-0.05, 0) is 72.8 Å². The van der Waals surface area contributed by atoms with E-state index in [0.29, 0.717) is 22.6 Å². The van der Waals surface area contributed by atoms with Crippen LogP contribution in [0.4, 0.5) is 8.78 Å². The van der Waals surface area contributed by atoms with Crippen molar-refractivity contribution in [1.29, 1.82) is 0 Å². The molecular weight excluding hydrogens is 330 g/mol. The normalized spacial score (nSPS) is 28.8. The van der Waals surface area contributed by atoms with Gasteiger partial charge in [0.05, 0.1) is 12.5 Å². The van der Waals surface area contributed by atoms with Crippen LogP contribution in [0, 0.1) is 29.4 Å². The van der Waals surface area contributed by atoms with Crippen LogP contribution in [0.25, 0.3) is 10.8 Å². The van der Waals surface area contributed by atoms with Gasteiger partial charge in [-0.25, -0.2) is 8.78 Å². The predicted octanol–water partition coefficient (Wildman–Crippen LogP) is 6.84. The molecule has 2 saturated carbocycles. The van der Waals surface area contributed by atoms with Gasteiger partial charge in [0.1, 0.15) is 17.4 Å². The molecule has 0 N–H and O–H groups in total. The van der Waals surface area contributed by atoms with E-state index in [-0.39, 0.29) is 17.1 Å². The third kappa shape index (κ3) is 3.10. The predicted molar refractivity (Wildman–Crippen MR) is 102 cm³/mol. The number of benzene rings is 2. The lowest BCUT2D eigenvalue weighted by atomic mass is 9.63. The fourth-order valence-electron chi connectivity index (χ4n) is 5.43. The van der Waals surface area contributed by atoms with E-state index in [1.807, 2.05) is 12.1 Å². The summed E-state index contributed by atoms with van der Waals surface area (Å²) in [5.74, 6) is 2.16. The van der Waals surface area contributed by atoms with Crippen LogP contribution in [0.2, 0.25) is 0 Å². The Morgan fingerprint density at radius 1 is 1.00 bits per heavy atom. The van der Waals surface area contributed by atoms with E-state index >= 15 is 4.39 Å². The Morgan fingerprint density at radius 3 is 2.54 bits per heavy atom. The zero-order chi connectivity index (χ0) is 18.3. The Balaban J connectivity index is 1.61. The molecule has 0 spiro atoms. The lowest BCUT2D eigenvalue weighted by molar-refractivity contribution is 0.116. The lowest BCUT2D eigenvalue weighted by Crippen LogP contribution is -2.30. The minimum Gasteiger partial charge on any atom is -0.497 e. The maximum atomic E-state index is 15.2. The van der Waals surface area contributed by atoms with E-state index in [2.05, 4.69) is 6.92 Å². The smallest absolute Gasteiger partial charge is 0.137 e. The molecule has 26 heavy (non-hydrogen) atoms. The Hall–Kier alpha value is -1.64. The van der Waals surface area contributed by atoms with Crippen LogP contribution < -0.4 is 4.74 Å². The first-order valence-electron chi connectivity index (χ1n) is 10.1. The standard InChI is InChI=1S/C23H28F2O/c1-3-14-4-5-16-11-17(7-6-15(16)10-14)20-9-8-18-12-19(26-2)13-21(24)22(18)23(20)25/h8-9,12-17H,3-7,10-11H2,1-2H3/t14?,15-,16?,17-/m1/s1. The average molecular weight is 358 g/mol. The number of methoxy groups -OCH3 is 1. The number of rotatable bonds is 3. The lowest BCUT2D eigenvalue weighted by Gasteiger charge is -2.42. The molecule has 2 fully saturated rings. The van der Waals surface area contributed by atoms with Gasteiger partial charge >= 0.3 is 0 Å². The van der Waals surface area contributed by atoms with Crippen LogP contribution in [0.3, 0.4) is 0 Å². The minimum absolute atomic E-state index is 0.111. The van der Waals surface area contributed by atoms with Crippen molar-refractivity contribution in [2.45, 2.75) is 57.8 Å². The first-order chi connectivity index (χ1) is 12.6. The van der Waals surface area contributed by atoms with Crippen LogP contribution in [-0.4, -0.2) is 7.11 Å². The van der Waals surface area contributed by atoms with E-state index < -0.39 is 5.82 Å². The molecule has 4 atom stereocenters. The Kier molecular flexibility index (Phi) is 4.90. The summed E-state index contributed by atoms with van der Waals surface area (Å²) in [5.41, 5.74) is 0.706. The summed E-state index contributed by atoms with van der Waals surface area (Å²) in [4.78, 5) is 0. The SMILES string of the molecule is CCC1CCC2C[C@H](c3ccc4cc(OC)cc(F)c4c3F)CC[C@@H]2C1. The van der Waals surface area contributed by atoms with Gasteiger partial charge in [-0.3, -0.25) is 0 Å². The Bertz CT molecular complexity index is 800. The average Bonchev–Trinajstić information content (AvgIpc) is 2.67. The van der Waals surface area contributed by atoms with E-state index in [0.717, 1.165) is 24.7 Å². The van der Waals surface area contributed by atoms with Crippen molar-refractivity contribution in [2.24, 2.45) is 17.8 Å². The third-order valence-electron chi connectivity index (χ3n) is 6.98. The number of fused-ring (bicyclic) bond motifs is 2. The maximum Gasteiger partial charge on any atom is 0.137 e. The second-order valence-electron chi connectivity index (χ2n) is 8.29. The van der Waals surface area contributed by atoms with Crippen molar-refractivity contribution < 1.29 is 13.5 Å². The summed E-state index contributed by atoms with van der Waals surface area (Å²) in [6.45, 7) is 2.30. The molecule has 2 aliphatic rings. The van der Waals surface area contributed by atoms with Crippen molar-refractivity contribution in [2.75, 3.05) is 7.11 Å². The summed E-state index contributed by atoms with van der Waals surface area (Å²) >= 11 is 0. The van der Waals surface area contributed by atoms with Gasteiger partial charge in [-0.1, -0.05) is 31.9 Å². The summed E-state index contributed by atoms with van der Waals surface area (Å²) in [6, 6.07) is 6.70. The first-order valence-corrected chi connectivity index (χ1v) is 10.1. The molecule has 1 nitrogen and oxygen atoms in total. The summed E-state index contributed by atoms with van der Waals surface area (Å²) < 4.78 is 34.8. The Morgan fingerprint density at radius 2 is 1.77 bits per heavy atom. The monoisotopic (exact) mass is 358 g/mol. The molecule has 0 amide bonds. The van der Waals surface area contributed by atoms with Crippen molar-refractivity contribution in [3.8, 4) is 5.75 Å². The van der Waals surface area contributed by atoms with Crippen LogP contribution in [-0.2, 0) is 0 Å². The minimum atomic E-state index is -0.532. The van der Waals surface area contributed by atoms with E-state index in [4.69, 9.17) is 4.74 Å². The van der Waals surface area contributed by atoms with Gasteiger partial charge in [-0.2, -0.15) is 0 Å². The van der Waals surface area contributed by atoms with Gasteiger partial charge in [0.2, 0.25) is 0 Å². The molecule has 140 valence electrons. The largest absolute Gasteiger partial charge is 0.497 e. The second-order valence-corrected chi connectivity index (χ2v) is 8.29. The fraction of sp³-hybridized carbons (Fsp3) is 0.565. The van der Waals surface area contributed by atoms with E-state index in [1.54, 1.807) is 6.07 Å². The second kappa shape index (κ2) is 7.17. The van der Waals surface area contributed by atoms with E-state index in [1.165, 1.54) is 45.3 Å². The van der Waals surface area contributed by atoms with Crippen LogP contribution in [0.1, 0.15) is 63.4 Å². The van der Waals surface area contributed by atoms with Gasteiger partial charge in [0, 0.05) is 6.07 Å². The zero-order valence-corrected chi connectivity index (χ0v) is 15.7. The van der Waals surface area contributed by atoms with Crippen LogP contribution >= 0.6 is 0 Å². The molecule has 0 bridgehead atoms. The Labute approximate surface area is 154 Å². The highest BCUT2D eigenvalue weighted by Crippen LogP contribution is 2.49. The molecule has 3 heteroatoms. The molecule has 0 aromatic heterocycles. The molecule has 2 aromatic carbocycles. The zero-order valence-electron chi connectivity index (χ0n) is 15.7. The number of ether oxygens (including phenoxy) is 1. The number of hydrogen-bond donors (Lipinski definition) is 0. The number of halogens is 2. The summed E-state index contributed by atoms with van der Waals surface area (Å²) in [7, 11) is 1.50. The van der Waals surface area contributed by atoms with Gasteiger partial charge < -0.3 is 4.74 Å². The highest BCUT2D eigenvalue weighted by Gasteiger charge is 2.36. The van der Waals surface area contributed by atoms with Crippen LogP contribution in [0.15, 0.2) is 24.3 Å². The highest BCUT2D eigenvalue weighted by atomic mass is 19.1. The van der Waals surface area contributed by atoms with E-state index in [9.17, 15) is 4.39 Å². The van der Waals surface area contributed by atoms with Gasteiger partial charge in [-0.15, -0.1) is 0 Å². The quantitative estimate of drug-likeness (QED) is 0.584. The molecule has 2 aliphatic carbocycles. The first kappa shape index (κ1) is 17.8. The molecular formula is C23H28F2O. The van der Waals surface area contributed by atoms with Crippen molar-refractivity contribution >= 4 is 10.8 Å². The topological polar surface area (TPSA) is 9.23 Å². The molecule has 0 radical (unpaired) electrons. The summed E-state index contributed by atoms with van der Waals surface area (Å²) in [6.07, 6.45) is 8.50. The van der Waals surface area contributed by atoms with Crippen molar-refractivity contribution in [3.05, 3.63) is 41.5 Å². The molecule has 2 unspecified atom stereocenters. The van der Waals surface area contributed by atoms with Crippen LogP contribution in [0.5, 0.6) is 5.75 Å². The summed E-state index contributed by atoms with van der Waals surface area (Å²) in [5, 5.41) is 0.681. The maximum absolute atomic E-state index is 15.2. The van der Waals surface area contributed by atoms with Crippen molar-refractivity contribution in [3.63, 3.8) is 0 Å². The molecule has 2 aromatic rings. The third-order valence-corrected chi connectivity index (χ3v) is 6.98. The molecule has 0 aliphatic heterocycles. The molecule has 0 heterocycles. The van der Waals surface area contributed by atoms with Gasteiger partial charge in [0.15, 0.2) is 0 Å². The molecule has 4 rings (SSSR count). The van der Waals surface area contributed by atoms with Crippen molar-refractivity contribution in [1.82, 2.24) is 0 Å². The molecule has 0 saturated heterocycles. The highest BCUT2D eigenvalue weighted by molar-refractivity contribution is 5.86. The number of hydrogen-bond acceptors (Lipinski definition) is 1. The fourth-order valence-corrected chi connectivity index (χ4v) is 5.43. The van der Waals surface area contributed by atoms with Gasteiger partial charge in [0.25, 0.3) is 0 Å².